The number of phenols is 2. The number of piperazine rings is 1. The molecule has 7 nitrogen and oxygen atoms in total. The minimum atomic E-state index is -0.170. The zero-order valence-electron chi connectivity index (χ0n) is 11.2. The second-order valence-corrected chi connectivity index (χ2v) is 4.99. The second-order valence-electron chi connectivity index (χ2n) is 4.99. The van der Waals surface area contributed by atoms with Gasteiger partial charge in [0.05, 0.1) is 0 Å². The third kappa shape index (κ3) is 2.39. The van der Waals surface area contributed by atoms with Gasteiger partial charge in [0.2, 0.25) is 5.95 Å². The summed E-state index contributed by atoms with van der Waals surface area (Å²) in [6, 6.07) is 4.97. The maximum absolute atomic E-state index is 9.52. The number of benzene rings is 1. The van der Waals surface area contributed by atoms with Gasteiger partial charge in [-0.15, -0.1) is 5.10 Å². The smallest absolute Gasteiger partial charge is 0.245 e. The average Bonchev–Trinajstić information content (AvgIpc) is 2.92. The first-order valence-electron chi connectivity index (χ1n) is 6.56. The molecule has 0 radical (unpaired) electrons. The van der Waals surface area contributed by atoms with Crippen molar-refractivity contribution in [3.63, 3.8) is 0 Å². The van der Waals surface area contributed by atoms with E-state index in [0.717, 1.165) is 19.6 Å². The Labute approximate surface area is 116 Å². The van der Waals surface area contributed by atoms with Crippen LogP contribution in [0.5, 0.6) is 11.5 Å². The van der Waals surface area contributed by atoms with Gasteiger partial charge in [0.15, 0.2) is 17.3 Å². The maximum Gasteiger partial charge on any atom is 0.245 e. The minimum absolute atomic E-state index is 0.149. The number of rotatable bonds is 2. The lowest BCUT2D eigenvalue weighted by Gasteiger charge is -2.30. The van der Waals surface area contributed by atoms with E-state index in [-0.39, 0.29) is 11.5 Å². The summed E-state index contributed by atoms with van der Waals surface area (Å²) in [6.07, 6.45) is 0. The van der Waals surface area contributed by atoms with Gasteiger partial charge in [-0.25, -0.2) is 0 Å². The van der Waals surface area contributed by atoms with Crippen LogP contribution >= 0.6 is 0 Å². The fourth-order valence-corrected chi connectivity index (χ4v) is 2.31. The van der Waals surface area contributed by atoms with Gasteiger partial charge in [0.1, 0.15) is 0 Å². The Morgan fingerprint density at radius 1 is 1.30 bits per heavy atom. The van der Waals surface area contributed by atoms with E-state index in [1.807, 2.05) is 0 Å². The van der Waals surface area contributed by atoms with E-state index in [1.165, 1.54) is 12.1 Å². The fourth-order valence-electron chi connectivity index (χ4n) is 2.31. The molecule has 0 spiro atoms. The first-order chi connectivity index (χ1) is 9.63. The molecular formula is C13H17N5O2. The molecule has 0 aliphatic carbocycles. The normalized spacial score (nSPS) is 19.2. The molecule has 1 fully saturated rings. The molecule has 7 heteroatoms. The quantitative estimate of drug-likeness (QED) is 0.602. The van der Waals surface area contributed by atoms with Crippen molar-refractivity contribution in [2.45, 2.75) is 13.0 Å². The molecule has 1 aliphatic heterocycles. The van der Waals surface area contributed by atoms with E-state index in [9.17, 15) is 10.2 Å². The molecule has 3 rings (SSSR count). The summed E-state index contributed by atoms with van der Waals surface area (Å²) in [7, 11) is 0. The topological polar surface area (TPSA) is 97.3 Å². The SMILES string of the molecule is C[C@@H]1CN(c2n[nH]c(-c3ccc(O)c(O)c3)n2)CCN1. The molecule has 4 N–H and O–H groups in total. The lowest BCUT2D eigenvalue weighted by molar-refractivity contribution is 0.404. The number of hydrogen-bond donors (Lipinski definition) is 4. The van der Waals surface area contributed by atoms with Gasteiger partial charge >= 0.3 is 0 Å². The largest absolute Gasteiger partial charge is 0.504 e. The number of aromatic nitrogens is 3. The highest BCUT2D eigenvalue weighted by molar-refractivity contribution is 5.61. The van der Waals surface area contributed by atoms with Crippen molar-refractivity contribution in [1.29, 1.82) is 0 Å². The lowest BCUT2D eigenvalue weighted by Crippen LogP contribution is -2.49. The third-order valence-corrected chi connectivity index (χ3v) is 3.37. The molecule has 106 valence electrons. The van der Waals surface area contributed by atoms with Gasteiger partial charge in [0, 0.05) is 31.2 Å². The molecule has 1 aromatic heterocycles. The van der Waals surface area contributed by atoms with E-state index < -0.39 is 0 Å². The number of anilines is 1. The van der Waals surface area contributed by atoms with Gasteiger partial charge < -0.3 is 20.4 Å². The number of H-pyrrole nitrogens is 1. The Balaban J connectivity index is 1.84. The summed E-state index contributed by atoms with van der Waals surface area (Å²) in [4.78, 5) is 6.56. The highest BCUT2D eigenvalue weighted by Gasteiger charge is 2.19. The number of phenolic OH excluding ortho intramolecular Hbond substituents is 2. The zero-order chi connectivity index (χ0) is 14.1. The van der Waals surface area contributed by atoms with Crippen LogP contribution in [0.25, 0.3) is 11.4 Å². The molecule has 0 amide bonds. The molecule has 2 heterocycles. The van der Waals surface area contributed by atoms with Crippen LogP contribution in [0.15, 0.2) is 18.2 Å². The van der Waals surface area contributed by atoms with Crippen LogP contribution in [0.3, 0.4) is 0 Å². The van der Waals surface area contributed by atoms with E-state index in [4.69, 9.17) is 0 Å². The van der Waals surface area contributed by atoms with Gasteiger partial charge in [-0.3, -0.25) is 5.10 Å². The van der Waals surface area contributed by atoms with Crippen molar-refractivity contribution in [2.24, 2.45) is 0 Å². The van der Waals surface area contributed by atoms with E-state index in [0.29, 0.717) is 23.4 Å². The average molecular weight is 275 g/mol. The van der Waals surface area contributed by atoms with Crippen molar-refractivity contribution in [2.75, 3.05) is 24.5 Å². The summed E-state index contributed by atoms with van der Waals surface area (Å²) in [5, 5.41) is 29.3. The predicted molar refractivity (Wildman–Crippen MR) is 74.8 cm³/mol. The van der Waals surface area contributed by atoms with Crippen LogP contribution in [0, 0.1) is 0 Å². The van der Waals surface area contributed by atoms with Crippen LogP contribution in [0.1, 0.15) is 6.92 Å². The Hall–Kier alpha value is -2.28. The third-order valence-electron chi connectivity index (χ3n) is 3.37. The summed E-state index contributed by atoms with van der Waals surface area (Å²) in [5.41, 5.74) is 0.683. The Morgan fingerprint density at radius 2 is 2.15 bits per heavy atom. The number of aromatic hydroxyl groups is 2. The summed E-state index contributed by atoms with van der Waals surface area (Å²) in [5.74, 6) is 0.906. The molecule has 0 unspecified atom stereocenters. The molecule has 0 saturated carbocycles. The van der Waals surface area contributed by atoms with E-state index >= 15 is 0 Å². The van der Waals surface area contributed by atoms with Crippen molar-refractivity contribution in [3.8, 4) is 22.9 Å². The Morgan fingerprint density at radius 3 is 2.90 bits per heavy atom. The van der Waals surface area contributed by atoms with Crippen LogP contribution < -0.4 is 10.2 Å². The maximum atomic E-state index is 9.52. The van der Waals surface area contributed by atoms with Gasteiger partial charge in [-0.2, -0.15) is 4.98 Å². The lowest BCUT2D eigenvalue weighted by atomic mass is 10.2. The van der Waals surface area contributed by atoms with Crippen LogP contribution in [0.4, 0.5) is 5.95 Å². The highest BCUT2D eigenvalue weighted by atomic mass is 16.3. The van der Waals surface area contributed by atoms with E-state index in [1.54, 1.807) is 6.07 Å². The number of nitrogens with zero attached hydrogens (tertiary/aromatic N) is 3. The van der Waals surface area contributed by atoms with Crippen molar-refractivity contribution in [3.05, 3.63) is 18.2 Å². The van der Waals surface area contributed by atoms with Crippen molar-refractivity contribution in [1.82, 2.24) is 20.5 Å². The summed E-state index contributed by atoms with van der Waals surface area (Å²) >= 11 is 0. The predicted octanol–water partition coefficient (Wildman–Crippen LogP) is 0.681. The molecule has 1 atom stereocenters. The molecule has 1 aromatic carbocycles. The van der Waals surface area contributed by atoms with Gasteiger partial charge in [0.25, 0.3) is 0 Å². The number of nitrogens with one attached hydrogen (secondary N) is 2. The molecule has 2 aromatic rings. The first kappa shape index (κ1) is 12.7. The molecular weight excluding hydrogens is 258 g/mol. The number of hydrogen-bond acceptors (Lipinski definition) is 6. The first-order valence-corrected chi connectivity index (χ1v) is 6.56. The van der Waals surface area contributed by atoms with Gasteiger partial charge in [-0.1, -0.05) is 0 Å². The number of aromatic amines is 1. The molecule has 1 aliphatic rings. The second kappa shape index (κ2) is 5.01. The Kier molecular flexibility index (Phi) is 3.19. The zero-order valence-corrected chi connectivity index (χ0v) is 11.2. The van der Waals surface area contributed by atoms with Crippen molar-refractivity contribution < 1.29 is 10.2 Å². The standard InChI is InChI=1S/C13H17N5O2/c1-8-7-18(5-4-14-8)13-15-12(16-17-13)9-2-3-10(19)11(20)6-9/h2-3,6,8,14,19-20H,4-5,7H2,1H3,(H,15,16,17)/t8-/m1/s1. The van der Waals surface area contributed by atoms with Gasteiger partial charge in [-0.05, 0) is 25.1 Å². The summed E-state index contributed by atoms with van der Waals surface area (Å²) < 4.78 is 0. The van der Waals surface area contributed by atoms with Crippen molar-refractivity contribution >= 4 is 5.95 Å². The van der Waals surface area contributed by atoms with Crippen LogP contribution in [0.2, 0.25) is 0 Å². The molecule has 20 heavy (non-hydrogen) atoms. The monoisotopic (exact) mass is 275 g/mol. The molecule has 0 bridgehead atoms. The highest BCUT2D eigenvalue weighted by Crippen LogP contribution is 2.29. The van der Waals surface area contributed by atoms with Crippen LogP contribution in [-0.2, 0) is 0 Å². The minimum Gasteiger partial charge on any atom is -0.504 e. The fraction of sp³-hybridized carbons (Fsp3) is 0.385. The Bertz CT molecular complexity index is 613. The van der Waals surface area contributed by atoms with Crippen LogP contribution in [-0.4, -0.2) is 51.1 Å². The van der Waals surface area contributed by atoms with E-state index in [2.05, 4.69) is 32.3 Å². The summed E-state index contributed by atoms with van der Waals surface area (Å²) in [6.45, 7) is 4.75. The molecule has 1 saturated heterocycles.